The standard InChI is InChI=1S/C45H29N5/c1-3-16-30(17-4-1)32-24-15-29-41-42(32)35-22-9-13-27-39(35)49(41)40-28-14-10-23-36(40)44-46-43(31-18-5-2-6-19-31)47-45(48-44)50-37-25-11-7-20-33(37)34-21-8-12-26-38(34)50/h1-29H. The Hall–Kier alpha value is -6.85. The minimum Gasteiger partial charge on any atom is -0.308 e. The second kappa shape index (κ2) is 11.4. The molecule has 0 bridgehead atoms. The maximum Gasteiger partial charge on any atom is 0.238 e. The van der Waals surface area contributed by atoms with Crippen LogP contribution in [0.3, 0.4) is 0 Å². The average Bonchev–Trinajstić information content (AvgIpc) is 3.72. The van der Waals surface area contributed by atoms with E-state index in [0.717, 1.165) is 49.7 Å². The fraction of sp³-hybridized carbons (Fsp3) is 0. The molecule has 10 rings (SSSR count). The molecule has 7 aromatic carbocycles. The Bertz CT molecular complexity index is 2810. The third-order valence-electron chi connectivity index (χ3n) is 9.60. The summed E-state index contributed by atoms with van der Waals surface area (Å²) in [4.78, 5) is 15.6. The van der Waals surface area contributed by atoms with Crippen molar-refractivity contribution in [2.75, 3.05) is 0 Å². The lowest BCUT2D eigenvalue weighted by Gasteiger charge is -2.15. The second-order valence-electron chi connectivity index (χ2n) is 12.5. The number of rotatable bonds is 5. The summed E-state index contributed by atoms with van der Waals surface area (Å²) in [5, 5.41) is 4.73. The van der Waals surface area contributed by atoms with Crippen LogP contribution in [-0.4, -0.2) is 24.1 Å². The zero-order valence-corrected chi connectivity index (χ0v) is 27.0. The molecule has 0 aliphatic carbocycles. The number of hydrogen-bond donors (Lipinski definition) is 0. The molecule has 5 nitrogen and oxygen atoms in total. The van der Waals surface area contributed by atoms with Crippen molar-refractivity contribution in [3.8, 4) is 45.5 Å². The quantitative estimate of drug-likeness (QED) is 0.188. The van der Waals surface area contributed by atoms with Gasteiger partial charge in [-0.15, -0.1) is 0 Å². The van der Waals surface area contributed by atoms with Gasteiger partial charge in [-0.1, -0.05) is 140 Å². The summed E-state index contributed by atoms with van der Waals surface area (Å²) in [5.74, 6) is 1.81. The molecule has 0 aliphatic rings. The van der Waals surface area contributed by atoms with Gasteiger partial charge in [0.05, 0.1) is 27.8 Å². The molecule has 10 aromatic rings. The Kier molecular flexibility index (Phi) is 6.42. The second-order valence-corrected chi connectivity index (χ2v) is 12.5. The molecule has 3 heterocycles. The van der Waals surface area contributed by atoms with Crippen molar-refractivity contribution in [1.29, 1.82) is 0 Å². The smallest absolute Gasteiger partial charge is 0.238 e. The molecule has 0 spiro atoms. The number of benzene rings is 7. The van der Waals surface area contributed by atoms with Gasteiger partial charge in [0.1, 0.15) is 0 Å². The summed E-state index contributed by atoms with van der Waals surface area (Å²) in [6, 6.07) is 61.4. The van der Waals surface area contributed by atoms with E-state index in [1.807, 2.05) is 18.2 Å². The highest BCUT2D eigenvalue weighted by molar-refractivity contribution is 6.16. The molecule has 5 heteroatoms. The highest BCUT2D eigenvalue weighted by Crippen LogP contribution is 2.40. The molecule has 0 atom stereocenters. The number of nitrogens with zero attached hydrogens (tertiary/aromatic N) is 5. The van der Waals surface area contributed by atoms with Gasteiger partial charge in [0.15, 0.2) is 11.6 Å². The third-order valence-corrected chi connectivity index (χ3v) is 9.60. The highest BCUT2D eigenvalue weighted by Gasteiger charge is 2.22. The summed E-state index contributed by atoms with van der Waals surface area (Å²) < 4.78 is 4.52. The first-order valence-electron chi connectivity index (χ1n) is 16.8. The molecule has 3 aromatic heterocycles. The summed E-state index contributed by atoms with van der Waals surface area (Å²) >= 11 is 0. The molecular formula is C45H29N5. The van der Waals surface area contributed by atoms with Gasteiger partial charge in [0.25, 0.3) is 0 Å². The van der Waals surface area contributed by atoms with E-state index in [-0.39, 0.29) is 0 Å². The maximum absolute atomic E-state index is 5.30. The van der Waals surface area contributed by atoms with Crippen LogP contribution >= 0.6 is 0 Å². The van der Waals surface area contributed by atoms with Crippen molar-refractivity contribution in [2.45, 2.75) is 0 Å². The van der Waals surface area contributed by atoms with Gasteiger partial charge in [-0.3, -0.25) is 4.57 Å². The van der Waals surface area contributed by atoms with Gasteiger partial charge in [-0.25, -0.2) is 4.98 Å². The van der Waals surface area contributed by atoms with Crippen LogP contribution in [0.4, 0.5) is 0 Å². The van der Waals surface area contributed by atoms with Gasteiger partial charge in [0.2, 0.25) is 5.95 Å². The van der Waals surface area contributed by atoms with Crippen LogP contribution in [0.25, 0.3) is 89.2 Å². The maximum atomic E-state index is 5.30. The third kappa shape index (κ3) is 4.37. The number of hydrogen-bond acceptors (Lipinski definition) is 3. The summed E-state index contributed by atoms with van der Waals surface area (Å²) in [6.45, 7) is 0. The molecule has 0 saturated carbocycles. The Morgan fingerprint density at radius 2 is 0.820 bits per heavy atom. The van der Waals surface area contributed by atoms with E-state index in [1.165, 1.54) is 21.9 Å². The van der Waals surface area contributed by atoms with E-state index < -0.39 is 0 Å². The number of para-hydroxylation sites is 4. The monoisotopic (exact) mass is 639 g/mol. The lowest BCUT2D eigenvalue weighted by atomic mass is 9.99. The van der Waals surface area contributed by atoms with Crippen molar-refractivity contribution in [2.24, 2.45) is 0 Å². The van der Waals surface area contributed by atoms with E-state index in [1.54, 1.807) is 0 Å². The zero-order valence-electron chi connectivity index (χ0n) is 27.0. The first-order chi connectivity index (χ1) is 24.8. The van der Waals surface area contributed by atoms with Gasteiger partial charge < -0.3 is 4.57 Å². The van der Waals surface area contributed by atoms with Gasteiger partial charge in [-0.2, -0.15) is 9.97 Å². The van der Waals surface area contributed by atoms with E-state index in [2.05, 4.69) is 167 Å². The molecule has 0 radical (unpaired) electrons. The van der Waals surface area contributed by atoms with Crippen molar-refractivity contribution >= 4 is 43.6 Å². The molecule has 50 heavy (non-hydrogen) atoms. The Balaban J connectivity index is 1.27. The van der Waals surface area contributed by atoms with Crippen LogP contribution in [-0.2, 0) is 0 Å². The zero-order chi connectivity index (χ0) is 33.0. The topological polar surface area (TPSA) is 48.5 Å². The van der Waals surface area contributed by atoms with Crippen LogP contribution in [0.1, 0.15) is 0 Å². The lowest BCUT2D eigenvalue weighted by molar-refractivity contribution is 0.951. The predicted octanol–water partition coefficient (Wildman–Crippen LogP) is 11.1. The SMILES string of the molecule is c1ccc(-c2nc(-c3ccccc3-n3c4ccccc4c4c(-c5ccccc5)cccc43)nc(-n3c4ccccc4c4ccccc43)n2)cc1. The van der Waals surface area contributed by atoms with Crippen LogP contribution in [0.15, 0.2) is 176 Å². The van der Waals surface area contributed by atoms with Crippen molar-refractivity contribution in [1.82, 2.24) is 24.1 Å². The fourth-order valence-corrected chi connectivity index (χ4v) is 7.43. The van der Waals surface area contributed by atoms with E-state index in [4.69, 9.17) is 15.0 Å². The molecular weight excluding hydrogens is 611 g/mol. The molecule has 0 saturated heterocycles. The summed E-state index contributed by atoms with van der Waals surface area (Å²) in [7, 11) is 0. The molecule has 0 fully saturated rings. The molecule has 0 N–H and O–H groups in total. The number of fused-ring (bicyclic) bond motifs is 6. The minimum atomic E-state index is 0.578. The van der Waals surface area contributed by atoms with Crippen LogP contribution in [0.5, 0.6) is 0 Å². The van der Waals surface area contributed by atoms with Crippen molar-refractivity contribution in [3.63, 3.8) is 0 Å². The predicted molar refractivity (Wildman–Crippen MR) is 205 cm³/mol. The highest BCUT2D eigenvalue weighted by atomic mass is 15.2. The van der Waals surface area contributed by atoms with E-state index >= 15 is 0 Å². The number of aromatic nitrogens is 5. The van der Waals surface area contributed by atoms with Crippen LogP contribution in [0, 0.1) is 0 Å². The molecule has 0 aliphatic heterocycles. The largest absolute Gasteiger partial charge is 0.308 e. The van der Waals surface area contributed by atoms with Gasteiger partial charge in [0, 0.05) is 32.7 Å². The summed E-state index contributed by atoms with van der Waals surface area (Å²) in [5.41, 5.74) is 9.59. The van der Waals surface area contributed by atoms with Crippen molar-refractivity contribution < 1.29 is 0 Å². The summed E-state index contributed by atoms with van der Waals surface area (Å²) in [6.07, 6.45) is 0. The molecule has 234 valence electrons. The van der Waals surface area contributed by atoms with Gasteiger partial charge in [-0.05, 0) is 47.5 Å². The average molecular weight is 640 g/mol. The normalized spacial score (nSPS) is 11.6. The Morgan fingerprint density at radius 3 is 1.52 bits per heavy atom. The van der Waals surface area contributed by atoms with Crippen LogP contribution in [0.2, 0.25) is 0 Å². The first-order valence-corrected chi connectivity index (χ1v) is 16.8. The van der Waals surface area contributed by atoms with Gasteiger partial charge >= 0.3 is 0 Å². The minimum absolute atomic E-state index is 0.578. The van der Waals surface area contributed by atoms with Crippen LogP contribution < -0.4 is 0 Å². The van der Waals surface area contributed by atoms with Crippen molar-refractivity contribution in [3.05, 3.63) is 176 Å². The molecule has 0 unspecified atom stereocenters. The van der Waals surface area contributed by atoms with E-state index in [0.29, 0.717) is 17.6 Å². The fourth-order valence-electron chi connectivity index (χ4n) is 7.43. The molecule has 0 amide bonds. The first kappa shape index (κ1) is 28.2. The van der Waals surface area contributed by atoms with E-state index in [9.17, 15) is 0 Å². The Labute approximate surface area is 288 Å². The Morgan fingerprint density at radius 1 is 0.320 bits per heavy atom. The lowest BCUT2D eigenvalue weighted by Crippen LogP contribution is -2.07.